The molecule has 0 unspecified atom stereocenters. The molecule has 6 heteroatoms. The van der Waals surface area contributed by atoms with Crippen molar-refractivity contribution in [2.24, 2.45) is 5.92 Å². The predicted molar refractivity (Wildman–Crippen MR) is 119 cm³/mol. The zero-order chi connectivity index (χ0) is 21.0. The summed E-state index contributed by atoms with van der Waals surface area (Å²) < 4.78 is 0. The number of carbonyl (C=O) groups is 1. The maximum absolute atomic E-state index is 13.2. The second-order valence-corrected chi connectivity index (χ2v) is 8.08. The van der Waals surface area contributed by atoms with Crippen molar-refractivity contribution in [3.63, 3.8) is 0 Å². The number of hydrogen-bond acceptors (Lipinski definition) is 5. The molecule has 0 radical (unpaired) electrons. The molecule has 6 nitrogen and oxygen atoms in total. The maximum Gasteiger partial charge on any atom is 0.249 e. The molecule has 0 bridgehead atoms. The summed E-state index contributed by atoms with van der Waals surface area (Å²) in [5.41, 5.74) is 3.13. The fourth-order valence-corrected chi connectivity index (χ4v) is 4.44. The number of hydrogen-bond donors (Lipinski definition) is 0. The lowest BCUT2D eigenvalue weighted by Crippen LogP contribution is -2.42. The van der Waals surface area contributed by atoms with E-state index < -0.39 is 0 Å². The SMILES string of the molecule is O=C(C1CCN(c2nccc(-c3ccccc3)n2)CC1)N1OCC[C@H]1c1ccccc1. The van der Waals surface area contributed by atoms with Gasteiger partial charge in [0.1, 0.15) is 0 Å². The smallest absolute Gasteiger partial charge is 0.249 e. The monoisotopic (exact) mass is 414 g/mol. The molecule has 2 aromatic carbocycles. The molecule has 2 fully saturated rings. The van der Waals surface area contributed by atoms with Crippen molar-refractivity contribution in [3.05, 3.63) is 78.5 Å². The summed E-state index contributed by atoms with van der Waals surface area (Å²) in [6.07, 6.45) is 4.21. The first-order valence-corrected chi connectivity index (χ1v) is 10.9. The van der Waals surface area contributed by atoms with Gasteiger partial charge in [0.15, 0.2) is 0 Å². The first-order chi connectivity index (χ1) is 15.3. The lowest BCUT2D eigenvalue weighted by atomic mass is 9.94. The van der Waals surface area contributed by atoms with Gasteiger partial charge >= 0.3 is 0 Å². The summed E-state index contributed by atoms with van der Waals surface area (Å²) >= 11 is 0. The van der Waals surface area contributed by atoms with E-state index >= 15 is 0 Å². The van der Waals surface area contributed by atoms with Crippen LogP contribution in [-0.2, 0) is 9.63 Å². The number of rotatable bonds is 4. The number of hydroxylamine groups is 2. The Hall–Kier alpha value is -3.25. The minimum absolute atomic E-state index is 0.0117. The van der Waals surface area contributed by atoms with Crippen molar-refractivity contribution in [3.8, 4) is 11.3 Å². The number of carbonyl (C=O) groups excluding carboxylic acids is 1. The van der Waals surface area contributed by atoms with Crippen LogP contribution in [-0.4, -0.2) is 40.6 Å². The summed E-state index contributed by atoms with van der Waals surface area (Å²) in [6.45, 7) is 2.11. The Morgan fingerprint density at radius 2 is 1.61 bits per heavy atom. The molecule has 158 valence electrons. The van der Waals surface area contributed by atoms with Crippen LogP contribution < -0.4 is 4.90 Å². The van der Waals surface area contributed by atoms with Gasteiger partial charge in [-0.2, -0.15) is 0 Å². The quantitative estimate of drug-likeness (QED) is 0.638. The highest BCUT2D eigenvalue weighted by molar-refractivity contribution is 5.79. The van der Waals surface area contributed by atoms with Gasteiger partial charge in [0, 0.05) is 37.2 Å². The second kappa shape index (κ2) is 8.86. The summed E-state index contributed by atoms with van der Waals surface area (Å²) in [5, 5.41) is 1.63. The van der Waals surface area contributed by atoms with Gasteiger partial charge in [-0.25, -0.2) is 15.0 Å². The highest BCUT2D eigenvalue weighted by atomic mass is 16.7. The van der Waals surface area contributed by atoms with E-state index in [0.717, 1.165) is 55.1 Å². The lowest BCUT2D eigenvalue weighted by Gasteiger charge is -2.34. The van der Waals surface area contributed by atoms with Gasteiger partial charge in [0.05, 0.1) is 18.3 Å². The Labute approximate surface area is 182 Å². The molecular formula is C25H26N4O2. The van der Waals surface area contributed by atoms with Crippen LogP contribution in [0.15, 0.2) is 72.9 Å². The van der Waals surface area contributed by atoms with Gasteiger partial charge in [0.25, 0.3) is 0 Å². The molecular weight excluding hydrogens is 388 g/mol. The summed E-state index contributed by atoms with van der Waals surface area (Å²) in [4.78, 5) is 30.4. The van der Waals surface area contributed by atoms with E-state index in [1.54, 1.807) is 5.06 Å². The van der Waals surface area contributed by atoms with Crippen LogP contribution in [0.2, 0.25) is 0 Å². The van der Waals surface area contributed by atoms with Gasteiger partial charge in [-0.3, -0.25) is 9.63 Å². The Bertz CT molecular complexity index is 1020. The molecule has 31 heavy (non-hydrogen) atoms. The fraction of sp³-hybridized carbons (Fsp3) is 0.320. The Kier molecular flexibility index (Phi) is 5.63. The molecule has 3 aromatic rings. The molecule has 1 amide bonds. The molecule has 0 saturated carbocycles. The van der Waals surface area contributed by atoms with Gasteiger partial charge in [-0.15, -0.1) is 0 Å². The summed E-state index contributed by atoms with van der Waals surface area (Å²) in [6, 6.07) is 22.2. The number of aromatic nitrogens is 2. The molecule has 1 atom stereocenters. The molecule has 5 rings (SSSR count). The summed E-state index contributed by atoms with van der Waals surface area (Å²) in [5.74, 6) is 0.801. The van der Waals surface area contributed by atoms with Gasteiger partial charge in [0.2, 0.25) is 11.9 Å². The lowest BCUT2D eigenvalue weighted by molar-refractivity contribution is -0.182. The van der Waals surface area contributed by atoms with Crippen LogP contribution in [0.25, 0.3) is 11.3 Å². The molecule has 1 aromatic heterocycles. The van der Waals surface area contributed by atoms with Gasteiger partial charge < -0.3 is 4.90 Å². The number of benzene rings is 2. The first kappa shape index (κ1) is 19.7. The van der Waals surface area contributed by atoms with Crippen molar-refractivity contribution in [2.45, 2.75) is 25.3 Å². The Morgan fingerprint density at radius 3 is 2.35 bits per heavy atom. The predicted octanol–water partition coefficient (Wildman–Crippen LogP) is 4.27. The zero-order valence-electron chi connectivity index (χ0n) is 17.4. The van der Waals surface area contributed by atoms with Crippen LogP contribution in [0.5, 0.6) is 0 Å². The third-order valence-electron chi connectivity index (χ3n) is 6.15. The molecule has 3 heterocycles. The molecule has 0 aliphatic carbocycles. The first-order valence-electron chi connectivity index (χ1n) is 10.9. The van der Waals surface area contributed by atoms with E-state index in [0.29, 0.717) is 6.61 Å². The molecule has 2 saturated heterocycles. The minimum atomic E-state index is -0.0298. The van der Waals surface area contributed by atoms with E-state index in [-0.39, 0.29) is 17.9 Å². The highest BCUT2D eigenvalue weighted by Crippen LogP contribution is 2.33. The van der Waals surface area contributed by atoms with Gasteiger partial charge in [-0.05, 0) is 24.5 Å². The van der Waals surface area contributed by atoms with Gasteiger partial charge in [-0.1, -0.05) is 60.7 Å². The van der Waals surface area contributed by atoms with E-state index in [4.69, 9.17) is 9.82 Å². The zero-order valence-corrected chi connectivity index (χ0v) is 17.4. The third-order valence-corrected chi connectivity index (χ3v) is 6.15. The van der Waals surface area contributed by atoms with Crippen molar-refractivity contribution in [1.82, 2.24) is 15.0 Å². The van der Waals surface area contributed by atoms with Crippen LogP contribution >= 0.6 is 0 Å². The van der Waals surface area contributed by atoms with Crippen molar-refractivity contribution in [2.75, 3.05) is 24.6 Å². The topological polar surface area (TPSA) is 58.6 Å². The number of amides is 1. The summed E-state index contributed by atoms with van der Waals surface area (Å²) in [7, 11) is 0. The standard InChI is InChI=1S/C25H26N4O2/c30-24(29-23(14-18-31-29)20-9-5-2-6-10-20)21-12-16-28(17-13-21)25-26-15-11-22(27-25)19-7-3-1-4-8-19/h1-11,15,21,23H,12-14,16-18H2/t23-/m0/s1. The van der Waals surface area contributed by atoms with Crippen molar-refractivity contribution >= 4 is 11.9 Å². The molecule has 0 N–H and O–H groups in total. The average molecular weight is 415 g/mol. The Balaban J connectivity index is 1.24. The largest absolute Gasteiger partial charge is 0.341 e. The van der Waals surface area contributed by atoms with E-state index in [2.05, 4.69) is 34.1 Å². The third kappa shape index (κ3) is 4.16. The number of piperidine rings is 1. The normalized spacial score (nSPS) is 19.5. The van der Waals surface area contributed by atoms with Crippen molar-refractivity contribution < 1.29 is 9.63 Å². The van der Waals surface area contributed by atoms with Crippen LogP contribution in [0, 0.1) is 5.92 Å². The molecule has 0 spiro atoms. The van der Waals surface area contributed by atoms with E-state index in [1.165, 1.54) is 0 Å². The van der Waals surface area contributed by atoms with Crippen molar-refractivity contribution in [1.29, 1.82) is 0 Å². The van der Waals surface area contributed by atoms with Crippen LogP contribution in [0.4, 0.5) is 5.95 Å². The second-order valence-electron chi connectivity index (χ2n) is 8.08. The maximum atomic E-state index is 13.2. The minimum Gasteiger partial charge on any atom is -0.341 e. The molecule has 2 aliphatic heterocycles. The van der Waals surface area contributed by atoms with E-state index in [9.17, 15) is 4.79 Å². The Morgan fingerprint density at radius 1 is 0.903 bits per heavy atom. The highest BCUT2D eigenvalue weighted by Gasteiger charge is 2.37. The average Bonchev–Trinajstić information content (AvgIpc) is 3.35. The number of anilines is 1. The van der Waals surface area contributed by atoms with Crippen LogP contribution in [0.1, 0.15) is 30.9 Å². The fourth-order valence-electron chi connectivity index (χ4n) is 4.44. The molecule has 2 aliphatic rings. The van der Waals surface area contributed by atoms with E-state index in [1.807, 2.05) is 48.7 Å². The number of nitrogens with zero attached hydrogens (tertiary/aromatic N) is 4. The van der Waals surface area contributed by atoms with Crippen LogP contribution in [0.3, 0.4) is 0 Å².